The molecule has 0 radical (unpaired) electrons. The summed E-state index contributed by atoms with van der Waals surface area (Å²) in [6, 6.07) is 6.45. The van der Waals surface area contributed by atoms with Gasteiger partial charge >= 0.3 is 0 Å². The van der Waals surface area contributed by atoms with E-state index >= 15 is 0 Å². The highest BCUT2D eigenvalue weighted by Gasteiger charge is 2.07. The van der Waals surface area contributed by atoms with Gasteiger partial charge in [0.15, 0.2) is 0 Å². The smallest absolute Gasteiger partial charge is 0.125 e. The van der Waals surface area contributed by atoms with Crippen molar-refractivity contribution in [1.82, 2.24) is 9.97 Å². The fourth-order valence-corrected chi connectivity index (χ4v) is 1.79. The lowest BCUT2D eigenvalue weighted by molar-refractivity contribution is 1.03. The molecule has 2 rings (SSSR count). The Bertz CT molecular complexity index is 481. The molecule has 0 aliphatic heterocycles. The molecule has 1 aromatic heterocycles. The fourth-order valence-electron chi connectivity index (χ4n) is 1.79. The van der Waals surface area contributed by atoms with E-state index in [1.54, 1.807) is 0 Å². The summed E-state index contributed by atoms with van der Waals surface area (Å²) in [5.74, 6) is 0.821. The van der Waals surface area contributed by atoms with E-state index in [0.29, 0.717) is 0 Å². The lowest BCUT2D eigenvalue weighted by Crippen LogP contribution is -1.96. The number of aromatic nitrogens is 2. The zero-order valence-electron chi connectivity index (χ0n) is 10.2. The number of nitrogens with zero attached hydrogens (tertiary/aromatic N) is 2. The van der Waals surface area contributed by atoms with Gasteiger partial charge in [0.1, 0.15) is 5.82 Å². The van der Waals surface area contributed by atoms with Gasteiger partial charge in [-0.3, -0.25) is 0 Å². The van der Waals surface area contributed by atoms with Gasteiger partial charge in [-0.15, -0.1) is 0 Å². The zero-order chi connectivity index (χ0) is 11.7. The number of aryl methyl sites for hydroxylation is 4. The van der Waals surface area contributed by atoms with E-state index in [2.05, 4.69) is 48.9 Å². The SMILES string of the molecule is Cc1ccc(C)c(-c2nc(C)ncc2C)c1. The van der Waals surface area contributed by atoms with E-state index in [9.17, 15) is 0 Å². The van der Waals surface area contributed by atoms with Crippen LogP contribution in [0.25, 0.3) is 11.3 Å². The molecular formula is C14H16N2. The normalized spacial score (nSPS) is 10.5. The predicted octanol–water partition coefficient (Wildman–Crippen LogP) is 3.38. The molecule has 1 aromatic carbocycles. The van der Waals surface area contributed by atoms with Crippen LogP contribution in [0.3, 0.4) is 0 Å². The Balaban J connectivity index is 2.66. The minimum Gasteiger partial charge on any atom is -0.241 e. The van der Waals surface area contributed by atoms with Gasteiger partial charge in [0.05, 0.1) is 5.69 Å². The number of rotatable bonds is 1. The first-order chi connectivity index (χ1) is 7.58. The molecule has 0 aliphatic rings. The van der Waals surface area contributed by atoms with Crippen molar-refractivity contribution in [2.45, 2.75) is 27.7 Å². The Labute approximate surface area is 96.4 Å². The molecule has 82 valence electrons. The largest absolute Gasteiger partial charge is 0.241 e. The van der Waals surface area contributed by atoms with Crippen LogP contribution in [-0.4, -0.2) is 9.97 Å². The summed E-state index contributed by atoms with van der Waals surface area (Å²) in [4.78, 5) is 8.74. The summed E-state index contributed by atoms with van der Waals surface area (Å²) in [5, 5.41) is 0. The van der Waals surface area contributed by atoms with Crippen LogP contribution < -0.4 is 0 Å². The van der Waals surface area contributed by atoms with Crippen molar-refractivity contribution >= 4 is 0 Å². The number of hydrogen-bond acceptors (Lipinski definition) is 2. The van der Waals surface area contributed by atoms with Gasteiger partial charge in [0.25, 0.3) is 0 Å². The molecule has 2 aromatic rings. The van der Waals surface area contributed by atoms with Crippen LogP contribution in [0.4, 0.5) is 0 Å². The third-order valence-electron chi connectivity index (χ3n) is 2.74. The predicted molar refractivity (Wildman–Crippen MR) is 66.4 cm³/mol. The van der Waals surface area contributed by atoms with Crippen LogP contribution in [0.15, 0.2) is 24.4 Å². The van der Waals surface area contributed by atoms with Crippen molar-refractivity contribution in [3.63, 3.8) is 0 Å². The Morgan fingerprint density at radius 3 is 2.44 bits per heavy atom. The van der Waals surface area contributed by atoms with E-state index in [0.717, 1.165) is 17.1 Å². The van der Waals surface area contributed by atoms with Gasteiger partial charge < -0.3 is 0 Å². The molecule has 0 saturated carbocycles. The Morgan fingerprint density at radius 2 is 1.69 bits per heavy atom. The van der Waals surface area contributed by atoms with Crippen molar-refractivity contribution in [3.8, 4) is 11.3 Å². The average molecular weight is 212 g/mol. The molecule has 0 amide bonds. The first kappa shape index (κ1) is 10.8. The van der Waals surface area contributed by atoms with Crippen molar-refractivity contribution in [1.29, 1.82) is 0 Å². The summed E-state index contributed by atoms with van der Waals surface area (Å²) >= 11 is 0. The monoisotopic (exact) mass is 212 g/mol. The topological polar surface area (TPSA) is 25.8 Å². The van der Waals surface area contributed by atoms with Crippen LogP contribution in [0, 0.1) is 27.7 Å². The standard InChI is InChI=1S/C14H16N2/c1-9-5-6-10(2)13(7-9)14-11(3)8-15-12(4)16-14/h5-8H,1-4H3. The maximum absolute atomic E-state index is 4.53. The molecule has 2 heteroatoms. The molecule has 2 nitrogen and oxygen atoms in total. The molecule has 0 unspecified atom stereocenters. The summed E-state index contributed by atoms with van der Waals surface area (Å²) in [5.41, 5.74) is 5.90. The van der Waals surface area contributed by atoms with Gasteiger partial charge in [-0.2, -0.15) is 0 Å². The van der Waals surface area contributed by atoms with Gasteiger partial charge in [0, 0.05) is 11.8 Å². The van der Waals surface area contributed by atoms with E-state index in [1.807, 2.05) is 13.1 Å². The first-order valence-corrected chi connectivity index (χ1v) is 5.46. The summed E-state index contributed by atoms with van der Waals surface area (Å²) in [7, 11) is 0. The highest BCUT2D eigenvalue weighted by Crippen LogP contribution is 2.25. The first-order valence-electron chi connectivity index (χ1n) is 5.46. The van der Waals surface area contributed by atoms with E-state index in [1.165, 1.54) is 16.7 Å². The lowest BCUT2D eigenvalue weighted by Gasteiger charge is -2.09. The van der Waals surface area contributed by atoms with Gasteiger partial charge in [-0.1, -0.05) is 17.7 Å². The molecule has 0 saturated heterocycles. The Kier molecular flexibility index (Phi) is 2.73. The van der Waals surface area contributed by atoms with Gasteiger partial charge in [-0.25, -0.2) is 9.97 Å². The molecule has 16 heavy (non-hydrogen) atoms. The Hall–Kier alpha value is -1.70. The zero-order valence-corrected chi connectivity index (χ0v) is 10.2. The molecule has 0 spiro atoms. The quantitative estimate of drug-likeness (QED) is 0.724. The summed E-state index contributed by atoms with van der Waals surface area (Å²) < 4.78 is 0. The van der Waals surface area contributed by atoms with E-state index in [4.69, 9.17) is 0 Å². The second-order valence-electron chi connectivity index (χ2n) is 4.27. The average Bonchev–Trinajstić information content (AvgIpc) is 2.25. The van der Waals surface area contributed by atoms with Crippen molar-refractivity contribution in [3.05, 3.63) is 46.9 Å². The van der Waals surface area contributed by atoms with Crippen molar-refractivity contribution < 1.29 is 0 Å². The molecule has 1 heterocycles. The van der Waals surface area contributed by atoms with Gasteiger partial charge in [-0.05, 0) is 44.9 Å². The van der Waals surface area contributed by atoms with Crippen LogP contribution >= 0.6 is 0 Å². The third kappa shape index (κ3) is 1.96. The minimum absolute atomic E-state index is 0.821. The third-order valence-corrected chi connectivity index (χ3v) is 2.74. The maximum atomic E-state index is 4.53. The van der Waals surface area contributed by atoms with Crippen LogP contribution in [0.1, 0.15) is 22.5 Å². The number of hydrogen-bond donors (Lipinski definition) is 0. The van der Waals surface area contributed by atoms with Gasteiger partial charge in [0.2, 0.25) is 0 Å². The molecule has 0 atom stereocenters. The minimum atomic E-state index is 0.821. The maximum Gasteiger partial charge on any atom is 0.125 e. The van der Waals surface area contributed by atoms with Crippen LogP contribution in [-0.2, 0) is 0 Å². The summed E-state index contributed by atoms with van der Waals surface area (Å²) in [6.45, 7) is 8.20. The second kappa shape index (κ2) is 4.05. The second-order valence-corrected chi connectivity index (χ2v) is 4.27. The van der Waals surface area contributed by atoms with E-state index in [-0.39, 0.29) is 0 Å². The molecule has 0 N–H and O–H groups in total. The fraction of sp³-hybridized carbons (Fsp3) is 0.286. The van der Waals surface area contributed by atoms with Crippen LogP contribution in [0.2, 0.25) is 0 Å². The van der Waals surface area contributed by atoms with E-state index < -0.39 is 0 Å². The van der Waals surface area contributed by atoms with Crippen LogP contribution in [0.5, 0.6) is 0 Å². The molecular weight excluding hydrogens is 196 g/mol. The highest BCUT2D eigenvalue weighted by molar-refractivity contribution is 5.67. The Morgan fingerprint density at radius 1 is 0.938 bits per heavy atom. The highest BCUT2D eigenvalue weighted by atomic mass is 14.9. The molecule has 0 fully saturated rings. The molecule has 0 aliphatic carbocycles. The van der Waals surface area contributed by atoms with Crippen molar-refractivity contribution in [2.75, 3.05) is 0 Å². The lowest BCUT2D eigenvalue weighted by atomic mass is 10.0. The van der Waals surface area contributed by atoms with Crippen molar-refractivity contribution in [2.24, 2.45) is 0 Å². The number of benzene rings is 1. The molecule has 0 bridgehead atoms. The summed E-state index contributed by atoms with van der Waals surface area (Å²) in [6.07, 6.45) is 1.89.